The third-order valence-corrected chi connectivity index (χ3v) is 11.1. The molecule has 0 saturated heterocycles. The van der Waals surface area contributed by atoms with E-state index < -0.39 is 23.2 Å². The normalized spacial score (nSPS) is 19.2. The number of hydrogen-bond acceptors (Lipinski definition) is 5. The van der Waals surface area contributed by atoms with E-state index in [4.69, 9.17) is 4.74 Å². The van der Waals surface area contributed by atoms with E-state index in [2.05, 4.69) is 45.9 Å². The number of carbonyl (C=O) groups excluding carboxylic acids is 2. The van der Waals surface area contributed by atoms with Crippen LogP contribution in [0.4, 0.5) is 4.39 Å². The molecule has 1 saturated carbocycles. The SMILES string of the molecule is CCC=CC(C)C(=CCCCCC)c1ccc(OC(=O)c2ccc(CC(C)(C)C(=O)C(C)C(C)CC3CCCC(C(=O)O)C3)s2)c(F)c1. The summed E-state index contributed by atoms with van der Waals surface area (Å²) in [6, 6.07) is 8.34. The van der Waals surface area contributed by atoms with Gasteiger partial charge in [-0.2, -0.15) is 0 Å². The number of unbranched alkanes of at least 4 members (excludes halogenated alkanes) is 3. The van der Waals surface area contributed by atoms with Crippen LogP contribution in [0.3, 0.4) is 0 Å². The number of aliphatic carboxylic acids is 1. The third kappa shape index (κ3) is 11.2. The molecule has 1 heterocycles. The first-order chi connectivity index (χ1) is 22.8. The van der Waals surface area contributed by atoms with E-state index in [0.29, 0.717) is 23.6 Å². The third-order valence-electron chi connectivity index (χ3n) is 10.0. The summed E-state index contributed by atoms with van der Waals surface area (Å²) in [5.41, 5.74) is 1.20. The Bertz CT molecular complexity index is 1440. The van der Waals surface area contributed by atoms with Gasteiger partial charge >= 0.3 is 11.9 Å². The molecule has 5 atom stereocenters. The lowest BCUT2D eigenvalue weighted by Crippen LogP contribution is -2.35. The van der Waals surface area contributed by atoms with Crippen molar-refractivity contribution in [3.05, 3.63) is 69.7 Å². The lowest BCUT2D eigenvalue weighted by atomic mass is 9.71. The Balaban J connectivity index is 1.64. The van der Waals surface area contributed by atoms with Crippen molar-refractivity contribution in [3.8, 4) is 5.75 Å². The van der Waals surface area contributed by atoms with Gasteiger partial charge in [-0.1, -0.05) is 98.4 Å². The predicted molar refractivity (Wildman–Crippen MR) is 195 cm³/mol. The van der Waals surface area contributed by atoms with Crippen molar-refractivity contribution < 1.29 is 28.6 Å². The fourth-order valence-corrected chi connectivity index (χ4v) is 8.13. The van der Waals surface area contributed by atoms with E-state index in [1.165, 1.54) is 23.5 Å². The Morgan fingerprint density at radius 3 is 2.50 bits per heavy atom. The largest absolute Gasteiger partial charge is 0.481 e. The maximum absolute atomic E-state index is 15.3. The number of ether oxygens (including phenoxy) is 1. The topological polar surface area (TPSA) is 80.7 Å². The van der Waals surface area contributed by atoms with Gasteiger partial charge in [-0.05, 0) is 98.1 Å². The molecule has 0 aliphatic heterocycles. The van der Waals surface area contributed by atoms with E-state index in [9.17, 15) is 19.5 Å². The molecule has 0 radical (unpaired) electrons. The molecule has 1 fully saturated rings. The molecule has 5 unspecified atom stereocenters. The molecule has 5 nitrogen and oxygen atoms in total. The summed E-state index contributed by atoms with van der Waals surface area (Å²) >= 11 is 1.27. The lowest BCUT2D eigenvalue weighted by molar-refractivity contribution is -0.143. The number of ketones is 1. The molecular formula is C41H57FO5S. The average Bonchev–Trinajstić information content (AvgIpc) is 3.52. The zero-order chi connectivity index (χ0) is 35.4. The second-order valence-electron chi connectivity index (χ2n) is 14.6. The Hall–Kier alpha value is -3.06. The Morgan fingerprint density at radius 1 is 1.08 bits per heavy atom. The number of carbonyl (C=O) groups is 3. The molecule has 1 aliphatic carbocycles. The van der Waals surface area contributed by atoms with Gasteiger partial charge in [0, 0.05) is 16.2 Å². The van der Waals surface area contributed by atoms with Crippen molar-refractivity contribution in [2.24, 2.45) is 35.0 Å². The van der Waals surface area contributed by atoms with Crippen molar-refractivity contribution in [3.63, 3.8) is 0 Å². The molecule has 0 spiro atoms. The molecule has 0 bridgehead atoms. The lowest BCUT2D eigenvalue weighted by Gasteiger charge is -2.33. The van der Waals surface area contributed by atoms with Gasteiger partial charge in [0.1, 0.15) is 10.7 Å². The minimum atomic E-state index is -0.708. The minimum absolute atomic E-state index is 0.105. The monoisotopic (exact) mass is 680 g/mol. The standard InChI is InChI=1S/C41H57FO5S/c1-8-10-12-13-18-34(27(3)15-11-9-2)31-19-21-36(35(42)25-31)47-40(46)37-22-20-33(48-37)26-41(6,7)38(43)29(5)28(4)23-30-16-14-17-32(24-30)39(44)45/h11,15,18-22,25,27-30,32H,8-10,12-14,16-17,23-24,26H2,1-7H3,(H,44,45). The molecule has 48 heavy (non-hydrogen) atoms. The molecule has 1 N–H and O–H groups in total. The van der Waals surface area contributed by atoms with Crippen LogP contribution in [-0.4, -0.2) is 22.8 Å². The Kier molecular flexibility index (Phi) is 15.3. The van der Waals surface area contributed by atoms with E-state index in [1.807, 2.05) is 32.9 Å². The number of benzene rings is 1. The second kappa shape index (κ2) is 18.6. The first kappa shape index (κ1) is 39.4. The van der Waals surface area contributed by atoms with Crippen molar-refractivity contribution in [2.75, 3.05) is 0 Å². The summed E-state index contributed by atoms with van der Waals surface area (Å²) in [6.45, 7) is 14.4. The molecule has 7 heteroatoms. The molecule has 1 aromatic heterocycles. The first-order valence-electron chi connectivity index (χ1n) is 18.0. The van der Waals surface area contributed by atoms with Gasteiger partial charge < -0.3 is 9.84 Å². The van der Waals surface area contributed by atoms with Crippen LogP contribution >= 0.6 is 11.3 Å². The van der Waals surface area contributed by atoms with Crippen molar-refractivity contribution >= 4 is 34.6 Å². The Morgan fingerprint density at radius 2 is 1.83 bits per heavy atom. The van der Waals surface area contributed by atoms with E-state index in [0.717, 1.165) is 73.8 Å². The zero-order valence-corrected chi connectivity index (χ0v) is 31.0. The van der Waals surface area contributed by atoms with Gasteiger partial charge in [0.2, 0.25) is 0 Å². The number of halogens is 1. The van der Waals surface area contributed by atoms with Crippen LogP contribution in [0, 0.1) is 40.8 Å². The number of hydrogen-bond donors (Lipinski definition) is 1. The van der Waals surface area contributed by atoms with Gasteiger partial charge in [-0.25, -0.2) is 9.18 Å². The van der Waals surface area contributed by atoms with Crippen LogP contribution < -0.4 is 4.74 Å². The highest BCUT2D eigenvalue weighted by Crippen LogP contribution is 2.38. The number of Topliss-reactive ketones (excluding diaryl/α,β-unsaturated/α-hetero) is 1. The van der Waals surface area contributed by atoms with Crippen LogP contribution in [0.2, 0.25) is 0 Å². The van der Waals surface area contributed by atoms with E-state index in [1.54, 1.807) is 6.07 Å². The predicted octanol–water partition coefficient (Wildman–Crippen LogP) is 11.4. The molecule has 1 aliphatic rings. The number of esters is 1. The fourth-order valence-electron chi connectivity index (χ4n) is 7.02. The van der Waals surface area contributed by atoms with Gasteiger partial charge in [-0.3, -0.25) is 9.59 Å². The minimum Gasteiger partial charge on any atom is -0.481 e. The molecule has 0 amide bonds. The molecule has 2 aromatic rings. The second-order valence-corrected chi connectivity index (χ2v) is 15.7. The number of thiophene rings is 1. The van der Waals surface area contributed by atoms with Crippen LogP contribution in [0.1, 0.15) is 133 Å². The number of carboxylic acid groups (broad SMARTS) is 1. The van der Waals surface area contributed by atoms with Crippen molar-refractivity contribution in [2.45, 2.75) is 119 Å². The van der Waals surface area contributed by atoms with Gasteiger partial charge in [0.25, 0.3) is 0 Å². The van der Waals surface area contributed by atoms with Crippen LogP contribution in [0.15, 0.2) is 48.6 Å². The fraction of sp³-hybridized carbons (Fsp3) is 0.585. The number of rotatable bonds is 18. The van der Waals surface area contributed by atoms with Crippen LogP contribution in [0.5, 0.6) is 5.75 Å². The van der Waals surface area contributed by atoms with Gasteiger partial charge in [0.05, 0.1) is 5.92 Å². The first-order valence-corrected chi connectivity index (χ1v) is 18.8. The highest BCUT2D eigenvalue weighted by atomic mass is 32.1. The average molecular weight is 681 g/mol. The van der Waals surface area contributed by atoms with Crippen molar-refractivity contribution in [1.29, 1.82) is 0 Å². The van der Waals surface area contributed by atoms with Crippen LogP contribution in [0.25, 0.3) is 5.57 Å². The highest BCUT2D eigenvalue weighted by Gasteiger charge is 2.36. The summed E-state index contributed by atoms with van der Waals surface area (Å²) in [6.07, 6.45) is 16.5. The van der Waals surface area contributed by atoms with E-state index in [-0.39, 0.29) is 35.2 Å². The zero-order valence-electron chi connectivity index (χ0n) is 30.2. The molecule has 1 aromatic carbocycles. The van der Waals surface area contributed by atoms with Gasteiger partial charge in [0.15, 0.2) is 11.6 Å². The summed E-state index contributed by atoms with van der Waals surface area (Å²) in [7, 11) is 0. The Labute approximate surface area is 292 Å². The van der Waals surface area contributed by atoms with Gasteiger partial charge in [-0.15, -0.1) is 11.3 Å². The summed E-state index contributed by atoms with van der Waals surface area (Å²) in [4.78, 5) is 39.5. The molecule has 264 valence electrons. The maximum Gasteiger partial charge on any atom is 0.353 e. The maximum atomic E-state index is 15.3. The number of allylic oxidation sites excluding steroid dienone is 4. The van der Waals surface area contributed by atoms with Crippen molar-refractivity contribution in [1.82, 2.24) is 0 Å². The van der Waals surface area contributed by atoms with E-state index >= 15 is 4.39 Å². The number of carboxylic acids is 1. The highest BCUT2D eigenvalue weighted by molar-refractivity contribution is 7.14. The smallest absolute Gasteiger partial charge is 0.353 e. The summed E-state index contributed by atoms with van der Waals surface area (Å²) < 4.78 is 20.8. The quantitative estimate of drug-likeness (QED) is 0.0733. The summed E-state index contributed by atoms with van der Waals surface area (Å²) in [5, 5.41) is 9.46. The summed E-state index contributed by atoms with van der Waals surface area (Å²) in [5.74, 6) is -1.67. The van der Waals surface area contributed by atoms with Crippen LogP contribution in [-0.2, 0) is 16.0 Å². The molecular weight excluding hydrogens is 624 g/mol. The molecule has 3 rings (SSSR count).